The van der Waals surface area contributed by atoms with Crippen LogP contribution in [0.3, 0.4) is 0 Å². The van der Waals surface area contributed by atoms with Crippen molar-refractivity contribution in [1.29, 1.82) is 0 Å². The van der Waals surface area contributed by atoms with Crippen LogP contribution >= 0.6 is 0 Å². The molecule has 0 radical (unpaired) electrons. The summed E-state index contributed by atoms with van der Waals surface area (Å²) in [6.45, 7) is 1.47. The van der Waals surface area contributed by atoms with E-state index in [-0.39, 0.29) is 18.5 Å². The minimum Gasteiger partial charge on any atom is -0.480 e. The zero-order valence-electron chi connectivity index (χ0n) is 14.9. The molecule has 0 spiro atoms. The molecule has 2 rings (SSSR count). The van der Waals surface area contributed by atoms with E-state index in [1.807, 2.05) is 37.3 Å². The van der Waals surface area contributed by atoms with Crippen LogP contribution in [0.1, 0.15) is 38.2 Å². The van der Waals surface area contributed by atoms with Crippen LogP contribution in [0.4, 0.5) is 0 Å². The Hall–Kier alpha value is -2.41. The fourth-order valence-corrected chi connectivity index (χ4v) is 3.32. The van der Waals surface area contributed by atoms with E-state index < -0.39 is 24.0 Å². The van der Waals surface area contributed by atoms with E-state index in [4.69, 9.17) is 5.11 Å². The van der Waals surface area contributed by atoms with E-state index in [9.17, 15) is 19.5 Å². The minimum atomic E-state index is -1.07. The maximum atomic E-state index is 12.7. The summed E-state index contributed by atoms with van der Waals surface area (Å²) in [5.41, 5.74) is 1.04. The van der Waals surface area contributed by atoms with Crippen LogP contribution in [0.15, 0.2) is 30.3 Å². The summed E-state index contributed by atoms with van der Waals surface area (Å²) in [6, 6.07) is 7.88. The van der Waals surface area contributed by atoms with Crippen LogP contribution < -0.4 is 5.32 Å². The molecule has 142 valence electrons. The Bertz CT molecular complexity index is 634. The van der Waals surface area contributed by atoms with Gasteiger partial charge in [0, 0.05) is 6.04 Å². The van der Waals surface area contributed by atoms with Crippen molar-refractivity contribution in [2.75, 3.05) is 6.54 Å². The lowest BCUT2D eigenvalue weighted by atomic mass is 10.0. The third-order valence-electron chi connectivity index (χ3n) is 4.80. The largest absolute Gasteiger partial charge is 0.480 e. The molecule has 2 unspecified atom stereocenters. The number of hydrogen-bond acceptors (Lipinski definition) is 4. The molecule has 1 aliphatic rings. The zero-order valence-corrected chi connectivity index (χ0v) is 14.9. The van der Waals surface area contributed by atoms with Crippen LogP contribution in [0.2, 0.25) is 0 Å². The van der Waals surface area contributed by atoms with E-state index in [1.54, 1.807) is 0 Å². The highest BCUT2D eigenvalue weighted by Crippen LogP contribution is 2.19. The smallest absolute Gasteiger partial charge is 0.323 e. The van der Waals surface area contributed by atoms with Crippen LogP contribution in [0, 0.1) is 0 Å². The van der Waals surface area contributed by atoms with E-state index in [1.165, 1.54) is 4.90 Å². The monoisotopic (exact) mass is 362 g/mol. The second-order valence-electron chi connectivity index (χ2n) is 6.77. The maximum absolute atomic E-state index is 12.7. The number of amides is 1. The summed E-state index contributed by atoms with van der Waals surface area (Å²) in [5, 5.41) is 21.5. The zero-order chi connectivity index (χ0) is 19.1. The Labute approximate surface area is 153 Å². The van der Waals surface area contributed by atoms with Crippen molar-refractivity contribution < 1.29 is 24.6 Å². The van der Waals surface area contributed by atoms with Crippen LogP contribution in [0.25, 0.3) is 0 Å². The van der Waals surface area contributed by atoms with E-state index in [0.29, 0.717) is 25.7 Å². The Balaban J connectivity index is 2.04. The molecule has 1 aromatic carbocycles. The fraction of sp³-hybridized carbons (Fsp3) is 0.526. The molecule has 1 amide bonds. The molecule has 1 heterocycles. The molecule has 0 saturated carbocycles. The van der Waals surface area contributed by atoms with Crippen molar-refractivity contribution in [2.24, 2.45) is 0 Å². The van der Waals surface area contributed by atoms with Gasteiger partial charge in [0.2, 0.25) is 5.91 Å². The molecule has 1 aromatic rings. The van der Waals surface area contributed by atoms with E-state index in [0.717, 1.165) is 12.0 Å². The lowest BCUT2D eigenvalue weighted by molar-refractivity contribution is -0.147. The highest BCUT2D eigenvalue weighted by atomic mass is 16.4. The van der Waals surface area contributed by atoms with Gasteiger partial charge in [-0.3, -0.25) is 19.7 Å². The number of benzene rings is 1. The number of rotatable bonds is 8. The van der Waals surface area contributed by atoms with Gasteiger partial charge >= 0.3 is 11.9 Å². The number of aliphatic carboxylic acids is 2. The number of likely N-dealkylation sites (tertiary alicyclic amines) is 1. The molecule has 1 fully saturated rings. The number of nitrogens with one attached hydrogen (secondary N) is 1. The molecule has 7 heteroatoms. The van der Waals surface area contributed by atoms with Crippen LogP contribution in [-0.2, 0) is 20.8 Å². The number of carbonyl (C=O) groups excluding carboxylic acids is 1. The van der Waals surface area contributed by atoms with Crippen molar-refractivity contribution in [3.63, 3.8) is 0 Å². The standard InChI is InChI=1S/C19H26N2O5/c1-13-6-5-9-15(18(24)21(13)12-17(22)23)20-16(19(25)26)11-10-14-7-3-2-4-8-14/h2-4,7-8,13,15-16,20H,5-6,9-12H2,1H3,(H,22,23)(H,25,26)/t13?,15?,16-/m0/s1. The summed E-state index contributed by atoms with van der Waals surface area (Å²) in [6.07, 6.45) is 2.90. The topological polar surface area (TPSA) is 107 Å². The van der Waals surface area contributed by atoms with Crippen molar-refractivity contribution in [2.45, 2.75) is 57.2 Å². The molecule has 26 heavy (non-hydrogen) atoms. The molecule has 0 bridgehead atoms. The van der Waals surface area contributed by atoms with Crippen LogP contribution in [0.5, 0.6) is 0 Å². The summed E-state index contributed by atoms with van der Waals surface area (Å²) in [5.74, 6) is -2.40. The minimum absolute atomic E-state index is 0.169. The highest BCUT2D eigenvalue weighted by Gasteiger charge is 2.34. The fourth-order valence-electron chi connectivity index (χ4n) is 3.32. The van der Waals surface area contributed by atoms with E-state index in [2.05, 4.69) is 5.32 Å². The average Bonchev–Trinajstić information content (AvgIpc) is 2.72. The second kappa shape index (κ2) is 9.33. The van der Waals surface area contributed by atoms with Crippen molar-refractivity contribution in [3.05, 3.63) is 35.9 Å². The molecule has 7 nitrogen and oxygen atoms in total. The van der Waals surface area contributed by atoms with Gasteiger partial charge in [0.1, 0.15) is 12.6 Å². The van der Waals surface area contributed by atoms with Gasteiger partial charge in [-0.2, -0.15) is 0 Å². The first-order valence-corrected chi connectivity index (χ1v) is 8.93. The number of carboxylic acids is 2. The Morgan fingerprint density at radius 2 is 1.92 bits per heavy atom. The first-order valence-electron chi connectivity index (χ1n) is 8.93. The van der Waals surface area contributed by atoms with Gasteiger partial charge < -0.3 is 15.1 Å². The second-order valence-corrected chi connectivity index (χ2v) is 6.77. The predicted octanol–water partition coefficient (Wildman–Crippen LogP) is 1.52. The molecule has 1 aliphatic heterocycles. The molecular formula is C19H26N2O5. The summed E-state index contributed by atoms with van der Waals surface area (Å²) >= 11 is 0. The SMILES string of the molecule is CC1CCCC(N[C@@H](CCc2ccccc2)C(=O)O)C(=O)N1CC(=O)O. The number of carboxylic acid groups (broad SMARTS) is 2. The summed E-state index contributed by atoms with van der Waals surface area (Å²) in [4.78, 5) is 36.8. The number of aryl methyl sites for hydroxylation is 1. The molecule has 0 aromatic heterocycles. The first kappa shape index (κ1) is 19.9. The van der Waals surface area contributed by atoms with Crippen molar-refractivity contribution in [1.82, 2.24) is 10.2 Å². The van der Waals surface area contributed by atoms with Gasteiger partial charge in [-0.15, -0.1) is 0 Å². The van der Waals surface area contributed by atoms with E-state index >= 15 is 0 Å². The molecule has 0 aliphatic carbocycles. The van der Waals surface area contributed by atoms with Gasteiger partial charge in [0.25, 0.3) is 0 Å². The molecular weight excluding hydrogens is 336 g/mol. The highest BCUT2D eigenvalue weighted by molar-refractivity contribution is 5.86. The number of nitrogens with zero attached hydrogens (tertiary/aromatic N) is 1. The summed E-state index contributed by atoms with van der Waals surface area (Å²) in [7, 11) is 0. The lowest BCUT2D eigenvalue weighted by Crippen LogP contribution is -2.53. The van der Waals surface area contributed by atoms with Crippen molar-refractivity contribution in [3.8, 4) is 0 Å². The Morgan fingerprint density at radius 3 is 2.54 bits per heavy atom. The van der Waals surface area contributed by atoms with Crippen molar-refractivity contribution >= 4 is 17.8 Å². The third kappa shape index (κ3) is 5.56. The number of carbonyl (C=O) groups is 3. The van der Waals surface area contributed by atoms with Gasteiger partial charge in [-0.1, -0.05) is 30.3 Å². The van der Waals surface area contributed by atoms with Gasteiger partial charge in [-0.05, 0) is 44.6 Å². The molecule has 1 saturated heterocycles. The maximum Gasteiger partial charge on any atom is 0.323 e. The summed E-state index contributed by atoms with van der Waals surface area (Å²) < 4.78 is 0. The normalized spacial score (nSPS) is 21.9. The van der Waals surface area contributed by atoms with Gasteiger partial charge in [0.15, 0.2) is 0 Å². The van der Waals surface area contributed by atoms with Crippen LogP contribution in [-0.4, -0.2) is 57.6 Å². The quantitative estimate of drug-likeness (QED) is 0.647. The molecule has 3 N–H and O–H groups in total. The third-order valence-corrected chi connectivity index (χ3v) is 4.80. The lowest BCUT2D eigenvalue weighted by Gasteiger charge is -2.29. The van der Waals surface area contributed by atoms with Gasteiger partial charge in [0.05, 0.1) is 6.04 Å². The Kier molecular flexibility index (Phi) is 7.15. The molecule has 3 atom stereocenters. The average molecular weight is 362 g/mol. The first-order chi connectivity index (χ1) is 12.4. The predicted molar refractivity (Wildman–Crippen MR) is 95.8 cm³/mol. The Morgan fingerprint density at radius 1 is 1.23 bits per heavy atom. The number of hydrogen-bond donors (Lipinski definition) is 3. The van der Waals surface area contributed by atoms with Gasteiger partial charge in [-0.25, -0.2) is 0 Å².